The smallest absolute Gasteiger partial charge is 0.306 e. The van der Waals surface area contributed by atoms with Crippen LogP contribution in [0.25, 0.3) is 5.69 Å². The van der Waals surface area contributed by atoms with E-state index in [1.54, 1.807) is 17.9 Å². The molecule has 0 fully saturated rings. The molecule has 1 N–H and O–H groups in total. The van der Waals surface area contributed by atoms with Crippen LogP contribution in [0.4, 0.5) is 5.82 Å². The highest BCUT2D eigenvalue weighted by molar-refractivity contribution is 5.92. The number of nitrogens with zero attached hydrogens (tertiary/aromatic N) is 2. The molecule has 7 nitrogen and oxygen atoms in total. The second-order valence-electron chi connectivity index (χ2n) is 6.98. The highest BCUT2D eigenvalue weighted by atomic mass is 16.5. The maximum atomic E-state index is 12.3. The van der Waals surface area contributed by atoms with E-state index in [9.17, 15) is 9.59 Å². The molecule has 3 aromatic rings. The first-order valence-corrected chi connectivity index (χ1v) is 9.66. The molecule has 0 aliphatic carbocycles. The van der Waals surface area contributed by atoms with Crippen LogP contribution in [0.2, 0.25) is 0 Å². The van der Waals surface area contributed by atoms with Crippen molar-refractivity contribution < 1.29 is 19.1 Å². The number of hydrogen-bond acceptors (Lipinski definition) is 5. The number of rotatable bonds is 8. The monoisotopic (exact) mass is 407 g/mol. The van der Waals surface area contributed by atoms with Gasteiger partial charge in [0.2, 0.25) is 0 Å². The number of esters is 1. The molecule has 156 valence electrons. The lowest BCUT2D eigenvalue weighted by atomic mass is 10.1. The highest BCUT2D eigenvalue weighted by Crippen LogP contribution is 2.18. The Labute approximate surface area is 175 Å². The molecule has 30 heavy (non-hydrogen) atoms. The van der Waals surface area contributed by atoms with Crippen LogP contribution in [-0.4, -0.2) is 35.4 Å². The van der Waals surface area contributed by atoms with Crippen LogP contribution in [0.15, 0.2) is 54.6 Å². The lowest BCUT2D eigenvalue weighted by Crippen LogP contribution is -2.22. The summed E-state index contributed by atoms with van der Waals surface area (Å²) in [7, 11) is 1.60. The van der Waals surface area contributed by atoms with Gasteiger partial charge in [-0.2, -0.15) is 5.10 Å². The number of ether oxygens (including phenoxy) is 2. The Bertz CT molecular complexity index is 1010. The molecule has 1 aromatic heterocycles. The van der Waals surface area contributed by atoms with Gasteiger partial charge in [-0.25, -0.2) is 4.68 Å². The van der Waals surface area contributed by atoms with Crippen LogP contribution in [-0.2, 0) is 20.7 Å². The van der Waals surface area contributed by atoms with Crippen LogP contribution < -0.4 is 10.1 Å². The summed E-state index contributed by atoms with van der Waals surface area (Å²) in [6, 6.07) is 17.0. The molecule has 0 bridgehead atoms. The SMILES string of the molecule is COc1ccc(CCC(=O)OCC(=O)Nc2cc(C)nn2-c2ccc(C)cc2)cc1. The number of benzene rings is 2. The summed E-state index contributed by atoms with van der Waals surface area (Å²) in [4.78, 5) is 24.2. The lowest BCUT2D eigenvalue weighted by molar-refractivity contribution is -0.147. The summed E-state index contributed by atoms with van der Waals surface area (Å²) in [5, 5.41) is 7.18. The van der Waals surface area contributed by atoms with Crippen molar-refractivity contribution in [3.05, 3.63) is 71.4 Å². The van der Waals surface area contributed by atoms with Gasteiger partial charge in [-0.3, -0.25) is 9.59 Å². The first-order chi connectivity index (χ1) is 14.4. The zero-order chi connectivity index (χ0) is 21.5. The van der Waals surface area contributed by atoms with E-state index < -0.39 is 11.9 Å². The summed E-state index contributed by atoms with van der Waals surface area (Å²) in [5.74, 6) is 0.444. The minimum atomic E-state index is -0.427. The fraction of sp³-hybridized carbons (Fsp3) is 0.261. The Morgan fingerprint density at radius 3 is 2.40 bits per heavy atom. The predicted molar refractivity (Wildman–Crippen MR) is 114 cm³/mol. The number of carbonyl (C=O) groups is 2. The average Bonchev–Trinajstić information content (AvgIpc) is 3.11. The van der Waals surface area contributed by atoms with E-state index in [1.165, 1.54) is 0 Å². The standard InChI is InChI=1S/C23H25N3O4/c1-16-4-9-19(10-5-16)26-21(14-17(2)25-26)24-22(27)15-30-23(28)13-8-18-6-11-20(29-3)12-7-18/h4-7,9-12,14H,8,13,15H2,1-3H3,(H,24,27). The molecular weight excluding hydrogens is 382 g/mol. The fourth-order valence-corrected chi connectivity index (χ4v) is 2.91. The normalized spacial score (nSPS) is 10.5. The molecule has 1 amide bonds. The molecule has 0 spiro atoms. The molecule has 0 saturated heterocycles. The van der Waals surface area contributed by atoms with Gasteiger partial charge in [0.1, 0.15) is 11.6 Å². The maximum absolute atomic E-state index is 12.3. The number of aromatic nitrogens is 2. The number of aryl methyl sites for hydroxylation is 3. The van der Waals surface area contributed by atoms with Crippen molar-refractivity contribution in [2.24, 2.45) is 0 Å². The molecule has 0 saturated carbocycles. The van der Waals surface area contributed by atoms with E-state index in [1.807, 2.05) is 62.4 Å². The Morgan fingerprint density at radius 1 is 1.03 bits per heavy atom. The Hall–Kier alpha value is -3.61. The topological polar surface area (TPSA) is 82.4 Å². The second kappa shape index (κ2) is 9.73. The average molecular weight is 407 g/mol. The fourth-order valence-electron chi connectivity index (χ4n) is 2.91. The zero-order valence-electron chi connectivity index (χ0n) is 17.3. The Balaban J connectivity index is 1.51. The van der Waals surface area contributed by atoms with E-state index in [0.717, 1.165) is 28.3 Å². The van der Waals surface area contributed by atoms with Gasteiger partial charge in [-0.1, -0.05) is 29.8 Å². The Morgan fingerprint density at radius 2 is 1.73 bits per heavy atom. The highest BCUT2D eigenvalue weighted by Gasteiger charge is 2.13. The van der Waals surface area contributed by atoms with Gasteiger partial charge in [0.25, 0.3) is 5.91 Å². The molecule has 0 aliphatic rings. The van der Waals surface area contributed by atoms with Crippen molar-refractivity contribution in [1.82, 2.24) is 9.78 Å². The number of nitrogens with one attached hydrogen (secondary N) is 1. The first kappa shape index (κ1) is 21.1. The minimum Gasteiger partial charge on any atom is -0.497 e. The van der Waals surface area contributed by atoms with E-state index in [2.05, 4.69) is 10.4 Å². The molecular formula is C23H25N3O4. The van der Waals surface area contributed by atoms with E-state index in [-0.39, 0.29) is 13.0 Å². The minimum absolute atomic E-state index is 0.194. The van der Waals surface area contributed by atoms with Crippen LogP contribution in [0.3, 0.4) is 0 Å². The third kappa shape index (κ3) is 5.70. The number of methoxy groups -OCH3 is 1. The van der Waals surface area contributed by atoms with Gasteiger partial charge in [0.15, 0.2) is 6.61 Å². The van der Waals surface area contributed by atoms with E-state index >= 15 is 0 Å². The summed E-state index contributed by atoms with van der Waals surface area (Å²) >= 11 is 0. The number of anilines is 1. The number of amides is 1. The number of carbonyl (C=O) groups excluding carboxylic acids is 2. The molecule has 0 aliphatic heterocycles. The summed E-state index contributed by atoms with van der Waals surface area (Å²) in [6.45, 7) is 3.50. The zero-order valence-corrected chi connectivity index (χ0v) is 17.3. The molecule has 0 radical (unpaired) electrons. The summed E-state index contributed by atoms with van der Waals surface area (Å²) < 4.78 is 11.9. The van der Waals surface area contributed by atoms with Gasteiger partial charge in [0.05, 0.1) is 18.5 Å². The molecule has 3 rings (SSSR count). The van der Waals surface area contributed by atoms with Crippen LogP contribution in [0, 0.1) is 13.8 Å². The maximum Gasteiger partial charge on any atom is 0.306 e. The lowest BCUT2D eigenvalue weighted by Gasteiger charge is -2.10. The van der Waals surface area contributed by atoms with Gasteiger partial charge in [-0.15, -0.1) is 0 Å². The van der Waals surface area contributed by atoms with Crippen molar-refractivity contribution in [3.63, 3.8) is 0 Å². The second-order valence-corrected chi connectivity index (χ2v) is 6.98. The Kier molecular flexibility index (Phi) is 6.85. The third-order valence-electron chi connectivity index (χ3n) is 4.52. The van der Waals surface area contributed by atoms with Crippen molar-refractivity contribution in [2.45, 2.75) is 26.7 Å². The largest absolute Gasteiger partial charge is 0.497 e. The van der Waals surface area contributed by atoms with Gasteiger partial charge in [-0.05, 0) is 50.1 Å². The van der Waals surface area contributed by atoms with Crippen LogP contribution >= 0.6 is 0 Å². The van der Waals surface area contributed by atoms with E-state index in [4.69, 9.17) is 9.47 Å². The first-order valence-electron chi connectivity index (χ1n) is 9.66. The van der Waals surface area contributed by atoms with Gasteiger partial charge in [0, 0.05) is 12.5 Å². The van der Waals surface area contributed by atoms with Gasteiger partial charge < -0.3 is 14.8 Å². The van der Waals surface area contributed by atoms with Gasteiger partial charge >= 0.3 is 5.97 Å². The molecule has 0 atom stereocenters. The number of hydrogen-bond donors (Lipinski definition) is 1. The van der Waals surface area contributed by atoms with Crippen molar-refractivity contribution in [1.29, 1.82) is 0 Å². The molecule has 2 aromatic carbocycles. The van der Waals surface area contributed by atoms with Crippen LogP contribution in [0.1, 0.15) is 23.2 Å². The molecule has 7 heteroatoms. The third-order valence-corrected chi connectivity index (χ3v) is 4.52. The predicted octanol–water partition coefficient (Wildman–Crippen LogP) is 3.61. The van der Waals surface area contributed by atoms with Crippen molar-refractivity contribution >= 4 is 17.7 Å². The van der Waals surface area contributed by atoms with Crippen molar-refractivity contribution in [2.75, 3.05) is 19.0 Å². The molecule has 0 unspecified atom stereocenters. The quantitative estimate of drug-likeness (QED) is 0.577. The van der Waals surface area contributed by atoms with Crippen LogP contribution in [0.5, 0.6) is 5.75 Å². The van der Waals surface area contributed by atoms with Crippen molar-refractivity contribution in [3.8, 4) is 11.4 Å². The summed E-state index contributed by atoms with van der Waals surface area (Å²) in [6.07, 6.45) is 0.726. The summed E-state index contributed by atoms with van der Waals surface area (Å²) in [5.41, 5.74) is 3.73. The molecule has 1 heterocycles. The van der Waals surface area contributed by atoms with E-state index in [0.29, 0.717) is 12.2 Å².